The van der Waals surface area contributed by atoms with Crippen LogP contribution in [0.2, 0.25) is 0 Å². The van der Waals surface area contributed by atoms with Gasteiger partial charge in [-0.25, -0.2) is 9.59 Å². The first-order valence-electron chi connectivity index (χ1n) is 4.40. The third-order valence-electron chi connectivity index (χ3n) is 1.90. The zero-order valence-corrected chi connectivity index (χ0v) is 9.42. The molecule has 96 valence electrons. The van der Waals surface area contributed by atoms with E-state index in [1.807, 2.05) is 0 Å². The molecule has 0 aliphatic rings. The van der Waals surface area contributed by atoms with Crippen LogP contribution in [0.5, 0.6) is 0 Å². The summed E-state index contributed by atoms with van der Waals surface area (Å²) in [5.74, 6) is -5.44. The zero-order chi connectivity index (χ0) is 13.8. The van der Waals surface area contributed by atoms with Crippen LogP contribution in [0, 0.1) is 0 Å². The minimum atomic E-state index is -3.10. The minimum absolute atomic E-state index is 0.765. The van der Waals surface area contributed by atoms with E-state index in [4.69, 9.17) is 0 Å². The number of carbonyl (C=O) groups is 4. The van der Waals surface area contributed by atoms with Gasteiger partial charge in [0.15, 0.2) is 11.9 Å². The molecule has 0 bridgehead atoms. The molecule has 0 amide bonds. The van der Waals surface area contributed by atoms with Gasteiger partial charge in [-0.1, -0.05) is 0 Å². The molecule has 8 heteroatoms. The summed E-state index contributed by atoms with van der Waals surface area (Å²) in [7, 11) is 0.846. The molecule has 2 N–H and O–H groups in total. The highest BCUT2D eigenvalue weighted by atomic mass is 16.6. The van der Waals surface area contributed by atoms with Crippen molar-refractivity contribution in [2.75, 3.05) is 7.11 Å². The van der Waals surface area contributed by atoms with E-state index in [0.29, 0.717) is 0 Å². The highest BCUT2D eigenvalue weighted by molar-refractivity contribution is 6.10. The van der Waals surface area contributed by atoms with Crippen LogP contribution in [0.15, 0.2) is 0 Å². The summed E-state index contributed by atoms with van der Waals surface area (Å²) in [6, 6.07) is 0. The van der Waals surface area contributed by atoms with Crippen molar-refractivity contribution < 1.29 is 38.9 Å². The van der Waals surface area contributed by atoms with Gasteiger partial charge in [0.1, 0.15) is 0 Å². The Hall–Kier alpha value is -1.80. The van der Waals surface area contributed by atoms with Crippen molar-refractivity contribution in [1.29, 1.82) is 0 Å². The summed E-state index contributed by atoms with van der Waals surface area (Å²) in [6.45, 7) is 1.64. The van der Waals surface area contributed by atoms with Crippen molar-refractivity contribution in [3.8, 4) is 0 Å². The number of hydrogen-bond donors (Lipinski definition) is 2. The average molecular weight is 248 g/mol. The molecule has 0 aromatic heterocycles. The monoisotopic (exact) mass is 248 g/mol. The number of Topliss-reactive ketones (excluding diaryl/α,β-unsaturated/α-hetero) is 1. The van der Waals surface area contributed by atoms with Crippen molar-refractivity contribution in [3.63, 3.8) is 0 Å². The Morgan fingerprint density at radius 3 is 1.94 bits per heavy atom. The van der Waals surface area contributed by atoms with Crippen LogP contribution in [0.3, 0.4) is 0 Å². The number of rotatable bonds is 4. The number of aliphatic hydroxyl groups excluding tert-OH is 1. The van der Waals surface area contributed by atoms with Crippen LogP contribution in [0.1, 0.15) is 13.8 Å². The molecule has 0 saturated heterocycles. The lowest BCUT2D eigenvalue weighted by molar-refractivity contribution is -0.191. The number of ketones is 1. The quantitative estimate of drug-likeness (QED) is 0.429. The summed E-state index contributed by atoms with van der Waals surface area (Å²) in [6.07, 6.45) is -2.55. The van der Waals surface area contributed by atoms with Gasteiger partial charge in [-0.3, -0.25) is 9.59 Å². The zero-order valence-electron chi connectivity index (χ0n) is 9.42. The summed E-state index contributed by atoms with van der Waals surface area (Å²) >= 11 is 0. The number of aliphatic hydroxyl groups is 2. The van der Waals surface area contributed by atoms with Crippen LogP contribution in [0.25, 0.3) is 0 Å². The fraction of sp³-hybridized carbons (Fsp3) is 0.556. The molecule has 0 aromatic carbocycles. The van der Waals surface area contributed by atoms with Gasteiger partial charge in [-0.15, -0.1) is 0 Å². The standard InChI is InChI=1S/C9H12O8/c1-4(10)9(15,8(14)16-3)6(12)7(13)17-5(2)11/h6,12,15H,1-3H3. The predicted molar refractivity (Wildman–Crippen MR) is 50.4 cm³/mol. The molecule has 0 spiro atoms. The topological polar surface area (TPSA) is 127 Å². The first-order valence-corrected chi connectivity index (χ1v) is 4.40. The lowest BCUT2D eigenvalue weighted by Crippen LogP contribution is -2.59. The smallest absolute Gasteiger partial charge is 0.349 e. The first kappa shape index (κ1) is 15.2. The molecule has 0 radical (unpaired) electrons. The van der Waals surface area contributed by atoms with Gasteiger partial charge in [0.05, 0.1) is 7.11 Å². The highest BCUT2D eigenvalue weighted by Gasteiger charge is 2.53. The Bertz CT molecular complexity index is 360. The van der Waals surface area contributed by atoms with Crippen molar-refractivity contribution >= 4 is 23.7 Å². The summed E-state index contributed by atoms with van der Waals surface area (Å²) in [5, 5.41) is 19.0. The van der Waals surface area contributed by atoms with E-state index in [1.54, 1.807) is 0 Å². The van der Waals surface area contributed by atoms with Gasteiger partial charge in [-0.2, -0.15) is 0 Å². The number of esters is 3. The van der Waals surface area contributed by atoms with Crippen LogP contribution in [0.4, 0.5) is 0 Å². The molecular weight excluding hydrogens is 236 g/mol. The Balaban J connectivity index is 5.21. The van der Waals surface area contributed by atoms with Crippen LogP contribution >= 0.6 is 0 Å². The van der Waals surface area contributed by atoms with Gasteiger partial charge in [0.2, 0.25) is 0 Å². The Morgan fingerprint density at radius 2 is 1.65 bits per heavy atom. The van der Waals surface area contributed by atoms with Crippen LogP contribution < -0.4 is 0 Å². The largest absolute Gasteiger partial charge is 0.466 e. The van der Waals surface area contributed by atoms with Gasteiger partial charge >= 0.3 is 17.9 Å². The molecule has 0 fully saturated rings. The Kier molecular flexibility index (Phi) is 4.92. The second-order valence-corrected chi connectivity index (χ2v) is 3.13. The second-order valence-electron chi connectivity index (χ2n) is 3.13. The van der Waals surface area contributed by atoms with Crippen LogP contribution in [-0.2, 0) is 28.7 Å². The van der Waals surface area contributed by atoms with Crippen molar-refractivity contribution in [2.45, 2.75) is 25.6 Å². The van der Waals surface area contributed by atoms with Gasteiger partial charge in [0.25, 0.3) is 5.60 Å². The number of ether oxygens (including phenoxy) is 2. The molecule has 2 unspecified atom stereocenters. The molecule has 2 atom stereocenters. The van der Waals surface area contributed by atoms with E-state index in [-0.39, 0.29) is 0 Å². The van der Waals surface area contributed by atoms with E-state index in [2.05, 4.69) is 9.47 Å². The van der Waals surface area contributed by atoms with Gasteiger partial charge in [-0.05, 0) is 6.92 Å². The van der Waals surface area contributed by atoms with E-state index in [9.17, 15) is 29.4 Å². The van der Waals surface area contributed by atoms with Gasteiger partial charge < -0.3 is 19.7 Å². The molecule has 0 saturated carbocycles. The minimum Gasteiger partial charge on any atom is -0.466 e. The van der Waals surface area contributed by atoms with E-state index >= 15 is 0 Å². The Labute approximate surface area is 96.1 Å². The molecule has 0 aliphatic carbocycles. The summed E-state index contributed by atoms with van der Waals surface area (Å²) < 4.78 is 8.05. The maximum absolute atomic E-state index is 11.2. The normalized spacial score (nSPS) is 15.4. The molecule has 17 heavy (non-hydrogen) atoms. The highest BCUT2D eigenvalue weighted by Crippen LogP contribution is 2.16. The maximum Gasteiger partial charge on any atom is 0.349 e. The summed E-state index contributed by atoms with van der Waals surface area (Å²) in [4.78, 5) is 43.8. The van der Waals surface area contributed by atoms with E-state index in [1.165, 1.54) is 0 Å². The van der Waals surface area contributed by atoms with Gasteiger partial charge in [0, 0.05) is 6.92 Å². The number of hydrogen-bond acceptors (Lipinski definition) is 8. The number of methoxy groups -OCH3 is 1. The SMILES string of the molecule is COC(=O)C(O)(C(C)=O)C(O)C(=O)OC(C)=O. The predicted octanol–water partition coefficient (Wildman–Crippen LogP) is -2.07. The van der Waals surface area contributed by atoms with E-state index in [0.717, 1.165) is 21.0 Å². The first-order chi connectivity index (χ1) is 7.67. The molecule has 0 aromatic rings. The maximum atomic E-state index is 11.2. The number of carbonyl (C=O) groups excluding carboxylic acids is 4. The van der Waals surface area contributed by atoms with Crippen LogP contribution in [-0.4, -0.2) is 52.7 Å². The van der Waals surface area contributed by atoms with E-state index < -0.39 is 35.4 Å². The molecule has 0 aliphatic heterocycles. The molecule has 0 rings (SSSR count). The molecule has 8 nitrogen and oxygen atoms in total. The molecule has 0 heterocycles. The van der Waals surface area contributed by atoms with Crippen molar-refractivity contribution in [1.82, 2.24) is 0 Å². The fourth-order valence-corrected chi connectivity index (χ4v) is 0.972. The lowest BCUT2D eigenvalue weighted by Gasteiger charge is -2.25. The second kappa shape index (κ2) is 5.51. The average Bonchev–Trinajstić information content (AvgIpc) is 2.24. The lowest BCUT2D eigenvalue weighted by atomic mass is 9.92. The third-order valence-corrected chi connectivity index (χ3v) is 1.90. The van der Waals surface area contributed by atoms with Crippen molar-refractivity contribution in [2.24, 2.45) is 0 Å². The third kappa shape index (κ3) is 3.08. The molecular formula is C9H12O8. The Morgan fingerprint density at radius 1 is 1.18 bits per heavy atom. The van der Waals surface area contributed by atoms with Crippen molar-refractivity contribution in [3.05, 3.63) is 0 Å². The summed E-state index contributed by atoms with van der Waals surface area (Å²) in [5.41, 5.74) is -3.10. The fourth-order valence-electron chi connectivity index (χ4n) is 0.972.